The lowest BCUT2D eigenvalue weighted by atomic mass is 9.91. The molecule has 1 aliphatic rings. The summed E-state index contributed by atoms with van der Waals surface area (Å²) in [6, 6.07) is 15.3. The number of para-hydroxylation sites is 1. The fourth-order valence-corrected chi connectivity index (χ4v) is 3.10. The first-order chi connectivity index (χ1) is 10.7. The van der Waals surface area contributed by atoms with Gasteiger partial charge in [0.25, 0.3) is 0 Å². The molecule has 0 aliphatic heterocycles. The van der Waals surface area contributed by atoms with Crippen LogP contribution in [0.4, 0.5) is 0 Å². The van der Waals surface area contributed by atoms with Crippen molar-refractivity contribution in [1.82, 2.24) is 4.98 Å². The van der Waals surface area contributed by atoms with Crippen molar-refractivity contribution in [2.24, 2.45) is 0 Å². The van der Waals surface area contributed by atoms with E-state index in [2.05, 4.69) is 4.98 Å². The minimum absolute atomic E-state index is 0.239. The Morgan fingerprint density at radius 2 is 1.36 bits per heavy atom. The lowest BCUT2D eigenvalue weighted by Gasteiger charge is -2.10. The fourth-order valence-electron chi connectivity index (χ4n) is 3.10. The van der Waals surface area contributed by atoms with Crippen LogP contribution in [0.5, 0.6) is 0 Å². The third-order valence-electron chi connectivity index (χ3n) is 4.08. The maximum Gasteiger partial charge on any atom is 0.248 e. The number of ketones is 2. The van der Waals surface area contributed by atoms with Gasteiger partial charge in [-0.2, -0.15) is 0 Å². The molecule has 0 spiro atoms. The zero-order valence-corrected chi connectivity index (χ0v) is 11.5. The van der Waals surface area contributed by atoms with Gasteiger partial charge in [-0.15, -0.1) is 0 Å². The Hall–Kier alpha value is -3.01. The lowest BCUT2D eigenvalue weighted by molar-refractivity contribution is 0.0891. The summed E-state index contributed by atoms with van der Waals surface area (Å²) in [4.78, 5) is 39.9. The minimum atomic E-state index is -0.926. The van der Waals surface area contributed by atoms with Crippen molar-refractivity contribution in [3.8, 4) is 0 Å². The van der Waals surface area contributed by atoms with E-state index in [1.54, 1.807) is 36.4 Å². The van der Waals surface area contributed by atoms with E-state index in [9.17, 15) is 14.4 Å². The Balaban J connectivity index is 2.00. The number of H-pyrrole nitrogens is 1. The number of carbonyl (C=O) groups is 2. The summed E-state index contributed by atoms with van der Waals surface area (Å²) >= 11 is 0. The van der Waals surface area contributed by atoms with Gasteiger partial charge in [-0.05, 0) is 11.6 Å². The van der Waals surface area contributed by atoms with E-state index >= 15 is 0 Å². The Bertz CT molecular complexity index is 965. The number of pyridine rings is 1. The first-order valence-electron chi connectivity index (χ1n) is 6.96. The smallest absolute Gasteiger partial charge is 0.248 e. The molecule has 0 bridgehead atoms. The summed E-state index contributed by atoms with van der Waals surface area (Å²) in [5, 5.41) is 0.724. The number of benzene rings is 2. The minimum Gasteiger partial charge on any atom is -0.322 e. The molecule has 0 fully saturated rings. The van der Waals surface area contributed by atoms with Gasteiger partial charge >= 0.3 is 0 Å². The van der Waals surface area contributed by atoms with Crippen LogP contribution in [0.2, 0.25) is 0 Å². The molecule has 0 atom stereocenters. The normalized spacial score (nSPS) is 14.5. The monoisotopic (exact) mass is 289 g/mol. The number of aromatic nitrogens is 1. The maximum absolute atomic E-state index is 12.6. The Labute approximate surface area is 125 Å². The zero-order valence-electron chi connectivity index (χ0n) is 11.5. The molecule has 1 aliphatic carbocycles. The highest BCUT2D eigenvalue weighted by atomic mass is 16.2. The second-order valence-corrected chi connectivity index (χ2v) is 5.34. The summed E-state index contributed by atoms with van der Waals surface area (Å²) < 4.78 is 0. The van der Waals surface area contributed by atoms with E-state index in [0.717, 1.165) is 5.39 Å². The Morgan fingerprint density at radius 1 is 0.773 bits per heavy atom. The molecule has 0 saturated carbocycles. The van der Waals surface area contributed by atoms with Crippen LogP contribution >= 0.6 is 0 Å². The molecule has 1 heterocycles. The topological polar surface area (TPSA) is 67.0 Å². The van der Waals surface area contributed by atoms with Gasteiger partial charge in [-0.1, -0.05) is 42.5 Å². The third-order valence-corrected chi connectivity index (χ3v) is 4.08. The molecule has 1 aromatic heterocycles. The highest BCUT2D eigenvalue weighted by Crippen LogP contribution is 2.35. The van der Waals surface area contributed by atoms with Gasteiger partial charge in [0.15, 0.2) is 11.6 Å². The van der Waals surface area contributed by atoms with Crippen molar-refractivity contribution >= 4 is 22.5 Å². The number of hydrogen-bond donors (Lipinski definition) is 1. The van der Waals surface area contributed by atoms with Crippen LogP contribution in [-0.4, -0.2) is 16.6 Å². The van der Waals surface area contributed by atoms with Crippen LogP contribution in [0, 0.1) is 0 Å². The van der Waals surface area contributed by atoms with Crippen LogP contribution in [0.25, 0.3) is 10.9 Å². The largest absolute Gasteiger partial charge is 0.322 e. The number of aromatic amines is 1. The molecule has 22 heavy (non-hydrogen) atoms. The molecule has 2 aromatic carbocycles. The van der Waals surface area contributed by atoms with Gasteiger partial charge in [-0.25, -0.2) is 0 Å². The molecule has 106 valence electrons. The molecule has 4 heteroatoms. The van der Waals surface area contributed by atoms with E-state index in [1.165, 1.54) is 6.07 Å². The lowest BCUT2D eigenvalue weighted by Crippen LogP contribution is -2.17. The number of hydrogen-bond acceptors (Lipinski definition) is 3. The van der Waals surface area contributed by atoms with Gasteiger partial charge in [0.05, 0.1) is 0 Å². The predicted molar refractivity (Wildman–Crippen MR) is 82.4 cm³/mol. The quantitative estimate of drug-likeness (QED) is 0.700. The molecule has 0 amide bonds. The summed E-state index contributed by atoms with van der Waals surface area (Å²) in [7, 11) is 0. The standard InChI is InChI=1S/C18H11NO3/c20-15-9-13(10-5-3-4-8-14(10)19-15)16-17(21)11-6-1-2-7-12(11)18(16)22/h1-9,16H,(H,19,20). The zero-order chi connectivity index (χ0) is 15.3. The summed E-state index contributed by atoms with van der Waals surface area (Å²) in [5.41, 5.74) is 1.65. The number of Topliss-reactive ketones (excluding diaryl/α,β-unsaturated/α-hetero) is 2. The van der Waals surface area contributed by atoms with Crippen LogP contribution < -0.4 is 5.56 Å². The van der Waals surface area contributed by atoms with Gasteiger partial charge in [0.1, 0.15) is 5.92 Å². The van der Waals surface area contributed by atoms with Crippen molar-refractivity contribution < 1.29 is 9.59 Å². The molecule has 4 nitrogen and oxygen atoms in total. The molecule has 0 saturated heterocycles. The second-order valence-electron chi connectivity index (χ2n) is 5.34. The Kier molecular flexibility index (Phi) is 2.60. The summed E-state index contributed by atoms with van der Waals surface area (Å²) in [5.74, 6) is -1.41. The summed E-state index contributed by atoms with van der Waals surface area (Å²) in [6.45, 7) is 0. The fraction of sp³-hybridized carbons (Fsp3) is 0.0556. The first kappa shape index (κ1) is 12.7. The van der Waals surface area contributed by atoms with Crippen LogP contribution in [0.1, 0.15) is 32.2 Å². The second kappa shape index (κ2) is 4.49. The highest BCUT2D eigenvalue weighted by Gasteiger charge is 2.40. The Morgan fingerprint density at radius 3 is 2.05 bits per heavy atom. The van der Waals surface area contributed by atoms with Crippen LogP contribution in [0.15, 0.2) is 59.4 Å². The molecule has 0 radical (unpaired) electrons. The SMILES string of the molecule is O=C1c2ccccc2C(=O)C1c1cc(=O)[nH]c2ccccc12. The van der Waals surface area contributed by atoms with Crippen molar-refractivity contribution in [2.75, 3.05) is 0 Å². The molecular weight excluding hydrogens is 278 g/mol. The van der Waals surface area contributed by atoms with E-state index in [-0.39, 0.29) is 17.1 Å². The van der Waals surface area contributed by atoms with Crippen LogP contribution in [0.3, 0.4) is 0 Å². The molecule has 4 rings (SSSR count). The predicted octanol–water partition coefficient (Wildman–Crippen LogP) is 2.69. The van der Waals surface area contributed by atoms with Crippen molar-refractivity contribution in [2.45, 2.75) is 5.92 Å². The maximum atomic E-state index is 12.6. The average Bonchev–Trinajstić information content (AvgIpc) is 2.78. The average molecular weight is 289 g/mol. The molecule has 1 N–H and O–H groups in total. The number of rotatable bonds is 1. The van der Waals surface area contributed by atoms with Gasteiger partial charge in [0, 0.05) is 28.1 Å². The number of carbonyl (C=O) groups excluding carboxylic acids is 2. The van der Waals surface area contributed by atoms with E-state index < -0.39 is 5.92 Å². The van der Waals surface area contributed by atoms with E-state index in [1.807, 2.05) is 12.1 Å². The van der Waals surface area contributed by atoms with Crippen molar-refractivity contribution in [3.63, 3.8) is 0 Å². The van der Waals surface area contributed by atoms with E-state index in [4.69, 9.17) is 0 Å². The first-order valence-corrected chi connectivity index (χ1v) is 6.96. The van der Waals surface area contributed by atoms with Crippen molar-refractivity contribution in [1.29, 1.82) is 0 Å². The van der Waals surface area contributed by atoms with Gasteiger partial charge < -0.3 is 4.98 Å². The van der Waals surface area contributed by atoms with E-state index in [0.29, 0.717) is 22.2 Å². The third kappa shape index (κ3) is 1.67. The molecule has 3 aromatic rings. The molecule has 0 unspecified atom stereocenters. The highest BCUT2D eigenvalue weighted by molar-refractivity contribution is 6.30. The van der Waals surface area contributed by atoms with Crippen molar-refractivity contribution in [3.05, 3.63) is 81.6 Å². The van der Waals surface area contributed by atoms with Crippen LogP contribution in [-0.2, 0) is 0 Å². The van der Waals surface area contributed by atoms with Gasteiger partial charge in [0.2, 0.25) is 5.56 Å². The number of fused-ring (bicyclic) bond motifs is 2. The summed E-state index contributed by atoms with van der Waals surface area (Å²) in [6.07, 6.45) is 0. The molecular formula is C18H11NO3. The number of nitrogens with one attached hydrogen (secondary N) is 1. The van der Waals surface area contributed by atoms with Gasteiger partial charge in [-0.3, -0.25) is 14.4 Å².